The van der Waals surface area contributed by atoms with E-state index in [1.165, 1.54) is 11.6 Å². The molecule has 1 aromatic heterocycles. The fourth-order valence-corrected chi connectivity index (χ4v) is 6.86. The maximum atomic E-state index is 13.2. The van der Waals surface area contributed by atoms with Crippen molar-refractivity contribution in [2.45, 2.75) is 82.6 Å². The van der Waals surface area contributed by atoms with Gasteiger partial charge in [0.05, 0.1) is 25.2 Å². The molecule has 0 saturated carbocycles. The van der Waals surface area contributed by atoms with Crippen LogP contribution in [0.25, 0.3) is 6.08 Å². The van der Waals surface area contributed by atoms with Crippen molar-refractivity contribution in [3.63, 3.8) is 0 Å². The molecule has 44 heavy (non-hydrogen) atoms. The quantitative estimate of drug-likeness (QED) is 0.227. The second-order valence-electron chi connectivity index (χ2n) is 13.0. The molecule has 0 radical (unpaired) electrons. The van der Waals surface area contributed by atoms with Crippen molar-refractivity contribution in [1.29, 1.82) is 0 Å². The van der Waals surface area contributed by atoms with Crippen LogP contribution in [0, 0.1) is 23.7 Å². The molecule has 1 fully saturated rings. The maximum Gasteiger partial charge on any atom is 0.331 e. The van der Waals surface area contributed by atoms with E-state index in [2.05, 4.69) is 37.9 Å². The molecule has 10 atom stereocenters. The number of allylic oxidation sites excluding steroid dienone is 3. The minimum atomic E-state index is -1.43. The van der Waals surface area contributed by atoms with Gasteiger partial charge in [-0.05, 0) is 68.6 Å². The molecule has 11 heteroatoms. The number of ether oxygens (including phenoxy) is 5. The van der Waals surface area contributed by atoms with Gasteiger partial charge in [0.15, 0.2) is 6.29 Å². The number of aryl methyl sites for hydroxylation is 1. The molecule has 242 valence electrons. The van der Waals surface area contributed by atoms with Crippen molar-refractivity contribution < 1.29 is 43.8 Å². The molecular weight excluding hydrogens is 568 g/mol. The Labute approximate surface area is 258 Å². The van der Waals surface area contributed by atoms with E-state index in [0.717, 1.165) is 6.42 Å². The summed E-state index contributed by atoms with van der Waals surface area (Å²) in [6.07, 6.45) is 10.2. The molecular formula is C33H46N2O9. The molecule has 3 aliphatic heterocycles. The van der Waals surface area contributed by atoms with Gasteiger partial charge < -0.3 is 43.6 Å². The van der Waals surface area contributed by atoms with Crippen LogP contribution in [0.3, 0.4) is 0 Å². The van der Waals surface area contributed by atoms with Crippen molar-refractivity contribution in [3.8, 4) is 0 Å². The predicted molar refractivity (Wildman–Crippen MR) is 161 cm³/mol. The lowest BCUT2D eigenvalue weighted by atomic mass is 9.65. The van der Waals surface area contributed by atoms with Crippen LogP contribution in [-0.2, 0) is 35.5 Å². The highest BCUT2D eigenvalue weighted by Gasteiger charge is 2.53. The van der Waals surface area contributed by atoms with Gasteiger partial charge in [-0.25, -0.2) is 9.78 Å². The molecule has 9 unspecified atom stereocenters. The van der Waals surface area contributed by atoms with Crippen molar-refractivity contribution in [3.05, 3.63) is 59.7 Å². The summed E-state index contributed by atoms with van der Waals surface area (Å²) in [7, 11) is 3.41. The first-order chi connectivity index (χ1) is 20.9. The van der Waals surface area contributed by atoms with Crippen LogP contribution in [0.5, 0.6) is 0 Å². The Morgan fingerprint density at radius 2 is 2.02 bits per heavy atom. The van der Waals surface area contributed by atoms with E-state index in [1.807, 2.05) is 32.3 Å². The SMILES string of the molecule is COC12C=CC(C)(O1)C(OC(=O)/C=C/c1cn(C)cn1)CC1C(C)=CC[C@H](C(C)C)C1/C=C\2COC1OCC(O)C(O)C1O. The Bertz CT molecular complexity index is 1320. The summed E-state index contributed by atoms with van der Waals surface area (Å²) in [6, 6.07) is 0. The van der Waals surface area contributed by atoms with Crippen molar-refractivity contribution in [2.24, 2.45) is 30.7 Å². The van der Waals surface area contributed by atoms with Gasteiger partial charge in [0.1, 0.15) is 30.0 Å². The molecule has 4 aliphatic rings. The van der Waals surface area contributed by atoms with E-state index in [-0.39, 0.29) is 31.0 Å². The Hall–Kier alpha value is -2.64. The summed E-state index contributed by atoms with van der Waals surface area (Å²) in [6.45, 7) is 8.23. The molecule has 0 amide bonds. The average Bonchev–Trinajstić information content (AvgIpc) is 3.58. The summed E-state index contributed by atoms with van der Waals surface area (Å²) in [5.74, 6) is -1.11. The number of nitrogens with zero attached hydrogens (tertiary/aromatic N) is 2. The second kappa shape index (κ2) is 13.0. The zero-order valence-electron chi connectivity index (χ0n) is 26.3. The highest BCUT2D eigenvalue weighted by Crippen LogP contribution is 2.49. The molecule has 2 bridgehead atoms. The lowest BCUT2D eigenvalue weighted by molar-refractivity contribution is -0.272. The lowest BCUT2D eigenvalue weighted by Gasteiger charge is -2.41. The number of carbonyl (C=O) groups excluding carboxylic acids is 1. The third kappa shape index (κ3) is 6.50. The van der Waals surface area contributed by atoms with Crippen molar-refractivity contribution in [1.82, 2.24) is 9.55 Å². The molecule has 0 spiro atoms. The minimum Gasteiger partial charge on any atom is -0.456 e. The van der Waals surface area contributed by atoms with E-state index < -0.39 is 48.1 Å². The predicted octanol–water partition coefficient (Wildman–Crippen LogP) is 2.67. The molecule has 1 saturated heterocycles. The topological polar surface area (TPSA) is 142 Å². The van der Waals surface area contributed by atoms with Gasteiger partial charge in [0.25, 0.3) is 0 Å². The largest absolute Gasteiger partial charge is 0.456 e. The summed E-state index contributed by atoms with van der Waals surface area (Å²) >= 11 is 0. The summed E-state index contributed by atoms with van der Waals surface area (Å²) in [5, 5.41) is 30.6. The smallest absolute Gasteiger partial charge is 0.331 e. The third-order valence-electron chi connectivity index (χ3n) is 9.60. The van der Waals surface area contributed by atoms with Gasteiger partial charge in [-0.1, -0.05) is 31.6 Å². The van der Waals surface area contributed by atoms with Gasteiger partial charge in [0.2, 0.25) is 5.79 Å². The number of methoxy groups -OCH3 is 1. The fraction of sp³-hybridized carbons (Fsp3) is 0.636. The first-order valence-corrected chi connectivity index (χ1v) is 15.3. The maximum absolute atomic E-state index is 13.2. The summed E-state index contributed by atoms with van der Waals surface area (Å²) in [5.41, 5.74) is 1.50. The molecule has 0 aromatic carbocycles. The van der Waals surface area contributed by atoms with E-state index >= 15 is 0 Å². The lowest BCUT2D eigenvalue weighted by Crippen LogP contribution is -2.54. The number of esters is 1. The Kier molecular flexibility index (Phi) is 9.67. The van der Waals surface area contributed by atoms with Gasteiger partial charge in [-0.15, -0.1) is 0 Å². The number of carbonyl (C=O) groups is 1. The highest BCUT2D eigenvalue weighted by molar-refractivity contribution is 5.86. The number of fused-ring (bicyclic) bond motifs is 3. The van der Waals surface area contributed by atoms with Crippen molar-refractivity contribution >= 4 is 12.0 Å². The van der Waals surface area contributed by atoms with E-state index in [1.54, 1.807) is 24.1 Å². The third-order valence-corrected chi connectivity index (χ3v) is 9.60. The number of aliphatic hydroxyl groups excluding tert-OH is 3. The standard InChI is InChI=1S/C33H46N2O9/c1-19(2)23-9-7-20(3)24-14-27(43-28(37)10-8-22-15-35(5)18-34-22)32(4)11-12-33(40-6,44-32)21(13-25(23)24)16-41-31-30(39)29(38)26(36)17-42-31/h7-8,10-13,15,18-19,23-27,29-31,36,38-39H,9,14,16-17H2,1-6H3/b10-8+,21-13-/t23-,24?,25?,26?,27?,29?,30?,31?,32?,33?/m1/s1. The number of hydrogen-bond donors (Lipinski definition) is 3. The zero-order chi connectivity index (χ0) is 31.8. The first-order valence-electron chi connectivity index (χ1n) is 15.3. The zero-order valence-corrected chi connectivity index (χ0v) is 26.3. The average molecular weight is 615 g/mol. The molecule has 3 N–H and O–H groups in total. The highest BCUT2D eigenvalue weighted by atomic mass is 16.7. The van der Waals surface area contributed by atoms with Gasteiger partial charge in [-0.3, -0.25) is 0 Å². The van der Waals surface area contributed by atoms with E-state index in [4.69, 9.17) is 23.7 Å². The van der Waals surface area contributed by atoms with Crippen LogP contribution >= 0.6 is 0 Å². The normalized spacial score (nSPS) is 40.1. The number of aliphatic hydroxyl groups is 3. The first kappa shape index (κ1) is 32.7. The van der Waals surface area contributed by atoms with Gasteiger partial charge in [-0.2, -0.15) is 0 Å². The van der Waals surface area contributed by atoms with Crippen molar-refractivity contribution in [2.75, 3.05) is 20.3 Å². The van der Waals surface area contributed by atoms with Crippen LogP contribution in [-0.4, -0.2) is 93.3 Å². The van der Waals surface area contributed by atoms with Crippen LogP contribution in [0.4, 0.5) is 0 Å². The second-order valence-corrected chi connectivity index (χ2v) is 13.0. The fourth-order valence-electron chi connectivity index (χ4n) is 6.86. The number of aromatic nitrogens is 2. The Balaban J connectivity index is 1.48. The molecule has 1 aliphatic carbocycles. The van der Waals surface area contributed by atoms with Gasteiger partial charge in [0, 0.05) is 32.0 Å². The van der Waals surface area contributed by atoms with Crippen LogP contribution in [0.2, 0.25) is 0 Å². The van der Waals surface area contributed by atoms with Crippen LogP contribution in [0.1, 0.15) is 46.2 Å². The molecule has 4 heterocycles. The number of imidazole rings is 1. The number of rotatable bonds is 8. The van der Waals surface area contributed by atoms with E-state index in [9.17, 15) is 20.1 Å². The summed E-state index contributed by atoms with van der Waals surface area (Å²) in [4.78, 5) is 17.4. The Morgan fingerprint density at radius 3 is 2.70 bits per heavy atom. The Morgan fingerprint density at radius 1 is 1.25 bits per heavy atom. The van der Waals surface area contributed by atoms with Gasteiger partial charge >= 0.3 is 5.97 Å². The molecule has 11 nitrogen and oxygen atoms in total. The minimum absolute atomic E-state index is 0.0349. The van der Waals surface area contributed by atoms with Crippen LogP contribution < -0.4 is 0 Å². The summed E-state index contributed by atoms with van der Waals surface area (Å²) < 4.78 is 32.4. The van der Waals surface area contributed by atoms with E-state index in [0.29, 0.717) is 23.6 Å². The molecule has 5 rings (SSSR count). The molecule has 1 aromatic rings. The van der Waals surface area contributed by atoms with Crippen LogP contribution in [0.15, 0.2) is 54.1 Å². The number of hydrogen-bond acceptors (Lipinski definition) is 10. The monoisotopic (exact) mass is 614 g/mol.